The van der Waals surface area contributed by atoms with Gasteiger partial charge >= 0.3 is 5.97 Å². The van der Waals surface area contributed by atoms with Gasteiger partial charge in [0.1, 0.15) is 17.8 Å². The molecule has 0 fully saturated rings. The molecule has 1 amide bonds. The number of amides is 1. The van der Waals surface area contributed by atoms with E-state index in [0.29, 0.717) is 34.9 Å². The Bertz CT molecular complexity index is 2420. The Morgan fingerprint density at radius 3 is 1.84 bits per heavy atom. The summed E-state index contributed by atoms with van der Waals surface area (Å²) < 4.78 is 43.3. The first kappa shape index (κ1) is 39.8. The number of ether oxygens (including phenoxy) is 1. The molecule has 2 unspecified atom stereocenters. The molecule has 0 spiro atoms. The lowest BCUT2D eigenvalue weighted by Crippen LogP contribution is -2.48. The van der Waals surface area contributed by atoms with Gasteiger partial charge in [0.15, 0.2) is 5.76 Å². The van der Waals surface area contributed by atoms with Crippen LogP contribution in [-0.2, 0) is 25.0 Å². The van der Waals surface area contributed by atoms with E-state index in [2.05, 4.69) is 15.3 Å². The number of thioether (sulfide) groups is 1. The second-order valence-corrected chi connectivity index (χ2v) is 16.3. The van der Waals surface area contributed by atoms with Crippen LogP contribution in [0.4, 0.5) is 5.69 Å². The third-order valence-corrected chi connectivity index (χ3v) is 12.5. The van der Waals surface area contributed by atoms with E-state index in [1.165, 1.54) is 17.5 Å². The number of aromatic nitrogens is 2. The van der Waals surface area contributed by atoms with Gasteiger partial charge in [-0.05, 0) is 83.7 Å². The molecular weight excluding hydrogens is 769 g/mol. The third-order valence-electron chi connectivity index (χ3n) is 10.1. The number of carbonyl (C=O) groups is 2. The maximum absolute atomic E-state index is 15.5. The largest absolute Gasteiger partial charge is 0.467 e. The number of imidazole rings is 1. The van der Waals surface area contributed by atoms with Gasteiger partial charge in [0, 0.05) is 5.56 Å². The molecule has 0 aliphatic carbocycles. The van der Waals surface area contributed by atoms with Gasteiger partial charge in [-0.25, -0.2) is 18.2 Å². The van der Waals surface area contributed by atoms with Crippen molar-refractivity contribution in [2.24, 2.45) is 0 Å². The molecule has 0 bridgehead atoms. The van der Waals surface area contributed by atoms with E-state index in [1.807, 2.05) is 97.3 Å². The van der Waals surface area contributed by atoms with E-state index < -0.39 is 39.4 Å². The number of methoxy groups -OCH3 is 1. The Morgan fingerprint density at radius 1 is 0.793 bits per heavy atom. The Morgan fingerprint density at radius 2 is 1.34 bits per heavy atom. The minimum absolute atomic E-state index is 0.0167. The third kappa shape index (κ3) is 7.93. The summed E-state index contributed by atoms with van der Waals surface area (Å²) in [5.41, 5.74) is 2.98. The Hall–Kier alpha value is -6.37. The maximum Gasteiger partial charge on any atom is 0.328 e. The van der Waals surface area contributed by atoms with Crippen LogP contribution in [0.15, 0.2) is 180 Å². The van der Waals surface area contributed by atoms with Gasteiger partial charge in [-0.3, -0.25) is 9.10 Å². The normalized spacial score (nSPS) is 12.7. The van der Waals surface area contributed by atoms with Crippen LogP contribution < -0.4 is 9.62 Å². The van der Waals surface area contributed by atoms with Crippen LogP contribution in [0.25, 0.3) is 11.3 Å². The summed E-state index contributed by atoms with van der Waals surface area (Å²) >= 11 is 1.56. The van der Waals surface area contributed by atoms with E-state index in [-0.39, 0.29) is 10.7 Å². The minimum Gasteiger partial charge on any atom is -0.467 e. The monoisotopic (exact) mass is 810 g/mol. The van der Waals surface area contributed by atoms with Crippen LogP contribution in [-0.4, -0.2) is 55.4 Å². The van der Waals surface area contributed by atoms with Crippen molar-refractivity contribution in [2.45, 2.75) is 28.8 Å². The molecular formula is C46H42N4O6S2. The lowest BCUT2D eigenvalue weighted by atomic mass is 9.63. The van der Waals surface area contributed by atoms with Crippen LogP contribution in [0.5, 0.6) is 0 Å². The molecule has 12 heteroatoms. The van der Waals surface area contributed by atoms with Crippen molar-refractivity contribution in [3.8, 4) is 11.3 Å². The molecule has 58 heavy (non-hydrogen) atoms. The molecule has 2 heterocycles. The van der Waals surface area contributed by atoms with Crippen molar-refractivity contribution < 1.29 is 27.2 Å². The lowest BCUT2D eigenvalue weighted by molar-refractivity contribution is -0.142. The van der Waals surface area contributed by atoms with Gasteiger partial charge in [0.05, 0.1) is 41.3 Å². The van der Waals surface area contributed by atoms with Gasteiger partial charge in [0.25, 0.3) is 15.9 Å². The summed E-state index contributed by atoms with van der Waals surface area (Å²) in [7, 11) is -3.05. The van der Waals surface area contributed by atoms with E-state index in [0.717, 1.165) is 16.7 Å². The molecule has 2 atom stereocenters. The van der Waals surface area contributed by atoms with Gasteiger partial charge in [-0.2, -0.15) is 11.8 Å². The summed E-state index contributed by atoms with van der Waals surface area (Å²) in [6, 6.07) is 46.6. The number of carbonyl (C=O) groups excluding carboxylic acids is 2. The van der Waals surface area contributed by atoms with E-state index in [9.17, 15) is 9.59 Å². The highest BCUT2D eigenvalue weighted by Gasteiger charge is 2.51. The number of hydrogen-bond donors (Lipinski definition) is 2. The van der Waals surface area contributed by atoms with Gasteiger partial charge < -0.3 is 19.5 Å². The SMILES string of the molecule is COC(=O)C(CCSC)NC(=O)c1ccc(-c2ccc(N(C(c3cnc[nH]3)C(c3ccccc3)(c3ccccc3)c3ccccc3)S(=O)(=O)c3ccccc3)cc2)o1. The number of benzene rings is 5. The fourth-order valence-corrected chi connectivity index (χ4v) is 9.55. The standard InChI is InChI=1S/C46H42N4O6S2/c1-55-45(52)39(29-30-57-2)49-44(51)42-28-27-41(56-42)33-23-25-37(26-24-33)50(58(53,54)38-21-13-6-14-22-38)43(40-31-47-32-48-40)46(34-15-7-3-8-16-34,35-17-9-4-10-18-35)36-19-11-5-12-20-36/h3-28,31-32,39,43H,29-30H2,1-2H3,(H,47,48)(H,49,51). The minimum atomic E-state index is -4.33. The summed E-state index contributed by atoms with van der Waals surface area (Å²) in [4.78, 5) is 33.4. The molecule has 0 saturated heterocycles. The van der Waals surface area contributed by atoms with E-state index in [1.54, 1.807) is 84.9 Å². The van der Waals surface area contributed by atoms with Crippen LogP contribution in [0.3, 0.4) is 0 Å². The number of rotatable bonds is 16. The van der Waals surface area contributed by atoms with Gasteiger partial charge in [-0.1, -0.05) is 109 Å². The highest BCUT2D eigenvalue weighted by atomic mass is 32.2. The van der Waals surface area contributed by atoms with Crippen molar-refractivity contribution in [1.82, 2.24) is 15.3 Å². The second-order valence-electron chi connectivity index (χ2n) is 13.5. The zero-order chi connectivity index (χ0) is 40.5. The number of H-pyrrole nitrogens is 1. The lowest BCUT2D eigenvalue weighted by Gasteiger charge is -2.47. The maximum atomic E-state index is 15.5. The van der Waals surface area contributed by atoms with Crippen molar-refractivity contribution in [1.29, 1.82) is 0 Å². The summed E-state index contributed by atoms with van der Waals surface area (Å²) in [5, 5.41) is 2.72. The number of hydrogen-bond acceptors (Lipinski definition) is 8. The molecule has 294 valence electrons. The molecule has 5 aromatic carbocycles. The average Bonchev–Trinajstić information content (AvgIpc) is 4.00. The number of nitrogens with zero attached hydrogens (tertiary/aromatic N) is 2. The van der Waals surface area contributed by atoms with Crippen LogP contribution in [0.2, 0.25) is 0 Å². The predicted molar refractivity (Wildman–Crippen MR) is 227 cm³/mol. The molecule has 10 nitrogen and oxygen atoms in total. The molecule has 0 saturated carbocycles. The number of nitrogens with one attached hydrogen (secondary N) is 2. The molecule has 0 aliphatic heterocycles. The van der Waals surface area contributed by atoms with Crippen molar-refractivity contribution in [3.05, 3.63) is 198 Å². The predicted octanol–water partition coefficient (Wildman–Crippen LogP) is 8.67. The average molecular weight is 811 g/mol. The molecule has 0 aliphatic rings. The first-order valence-corrected chi connectivity index (χ1v) is 21.4. The number of aromatic amines is 1. The first-order valence-electron chi connectivity index (χ1n) is 18.6. The number of sulfonamides is 1. The summed E-state index contributed by atoms with van der Waals surface area (Å²) in [6.07, 6.45) is 5.56. The van der Waals surface area contributed by atoms with Gasteiger partial charge in [0.2, 0.25) is 0 Å². The van der Waals surface area contributed by atoms with Crippen LogP contribution >= 0.6 is 11.8 Å². The Kier molecular flexibility index (Phi) is 12.3. The van der Waals surface area contributed by atoms with E-state index >= 15 is 8.42 Å². The van der Waals surface area contributed by atoms with Crippen LogP contribution in [0.1, 0.15) is 45.4 Å². The Labute approximate surface area is 342 Å². The number of furan rings is 1. The zero-order valence-electron chi connectivity index (χ0n) is 31.9. The molecule has 0 radical (unpaired) electrons. The number of esters is 1. The van der Waals surface area contributed by atoms with Gasteiger partial charge in [-0.15, -0.1) is 0 Å². The fourth-order valence-electron chi connectivity index (χ4n) is 7.40. The second kappa shape index (κ2) is 17.8. The van der Waals surface area contributed by atoms with E-state index in [4.69, 9.17) is 9.15 Å². The smallest absolute Gasteiger partial charge is 0.328 e. The summed E-state index contributed by atoms with van der Waals surface area (Å²) in [5.74, 6) is -0.0460. The molecule has 7 rings (SSSR count). The molecule has 7 aromatic rings. The quantitative estimate of drug-likeness (QED) is 0.0732. The highest BCUT2D eigenvalue weighted by molar-refractivity contribution is 7.98. The number of anilines is 1. The van der Waals surface area contributed by atoms with Crippen molar-refractivity contribution >= 4 is 39.3 Å². The summed E-state index contributed by atoms with van der Waals surface area (Å²) in [6.45, 7) is 0. The zero-order valence-corrected chi connectivity index (χ0v) is 33.5. The highest BCUT2D eigenvalue weighted by Crippen LogP contribution is 2.53. The molecule has 2 aromatic heterocycles. The van der Waals surface area contributed by atoms with Crippen molar-refractivity contribution in [3.63, 3.8) is 0 Å². The Balaban J connectivity index is 1.40. The fraction of sp³-hybridized carbons (Fsp3) is 0.152. The topological polar surface area (TPSA) is 135 Å². The first-order chi connectivity index (χ1) is 28.3. The van der Waals surface area contributed by atoms with Crippen molar-refractivity contribution in [2.75, 3.05) is 23.4 Å². The molecule has 2 N–H and O–H groups in total. The van der Waals surface area contributed by atoms with Crippen LogP contribution in [0, 0.1) is 0 Å².